The maximum atomic E-state index is 13.9. The van der Waals surface area contributed by atoms with E-state index in [0.717, 1.165) is 6.07 Å². The number of fused-ring (bicyclic) bond motifs is 1. The first-order valence-corrected chi connectivity index (χ1v) is 13.8. The van der Waals surface area contributed by atoms with Gasteiger partial charge in [-0.05, 0) is 62.1 Å². The predicted octanol–water partition coefficient (Wildman–Crippen LogP) is 3.72. The van der Waals surface area contributed by atoms with Gasteiger partial charge in [-0.25, -0.2) is 27.3 Å². The molecule has 0 bridgehead atoms. The highest BCUT2D eigenvalue weighted by molar-refractivity contribution is 7.88. The van der Waals surface area contributed by atoms with Gasteiger partial charge >= 0.3 is 0 Å². The molecule has 5 N–H and O–H groups in total. The zero-order valence-electron chi connectivity index (χ0n) is 21.3. The summed E-state index contributed by atoms with van der Waals surface area (Å²) in [6.45, 7) is 3.07. The van der Waals surface area contributed by atoms with Crippen molar-refractivity contribution in [1.29, 1.82) is 0 Å². The van der Waals surface area contributed by atoms with Crippen LogP contribution in [0.25, 0.3) is 22.0 Å². The minimum atomic E-state index is -3.90. The molecule has 204 valence electrons. The first-order chi connectivity index (χ1) is 18.1. The zero-order chi connectivity index (χ0) is 28.7. The summed E-state index contributed by atoms with van der Waals surface area (Å²) >= 11 is 6.47. The van der Waals surface area contributed by atoms with Crippen LogP contribution in [0.4, 0.5) is 8.78 Å². The third kappa shape index (κ3) is 6.79. The van der Waals surface area contributed by atoms with Crippen molar-refractivity contribution in [1.82, 2.24) is 14.8 Å². The van der Waals surface area contributed by atoms with Crippen molar-refractivity contribution in [2.75, 3.05) is 0 Å². The first kappa shape index (κ1) is 28.6. The fourth-order valence-electron chi connectivity index (χ4n) is 4.32. The van der Waals surface area contributed by atoms with Gasteiger partial charge in [-0.1, -0.05) is 23.6 Å². The molecular formula is C27H26ClF2N5O3S. The van der Waals surface area contributed by atoms with Crippen LogP contribution in [0.3, 0.4) is 0 Å². The summed E-state index contributed by atoms with van der Waals surface area (Å²) in [5.41, 5.74) is 8.17. The Morgan fingerprint density at radius 1 is 1.13 bits per heavy atom. The number of hydrogen-bond acceptors (Lipinski definition) is 6. The molecule has 4 rings (SSSR count). The lowest BCUT2D eigenvalue weighted by molar-refractivity contribution is 0.143. The van der Waals surface area contributed by atoms with Crippen LogP contribution in [0.2, 0.25) is 5.02 Å². The van der Waals surface area contributed by atoms with Crippen molar-refractivity contribution in [2.24, 2.45) is 17.9 Å². The Bertz CT molecular complexity index is 1740. The monoisotopic (exact) mass is 573 g/mol. The number of benzene rings is 2. The summed E-state index contributed by atoms with van der Waals surface area (Å²) in [4.78, 5) is 4.64. The SMILES string of the molecule is Cn1nc(CS(N)(=O)=O)c2c(Cl)ccc(-c3ccc(C#CC(C)(C)O)nc3[C@@H](N)Cc3cc(F)cc(F)c3)c21. The molecule has 0 saturated carbocycles. The molecule has 1 atom stereocenters. The maximum Gasteiger partial charge on any atom is 0.214 e. The number of hydrogen-bond donors (Lipinski definition) is 3. The molecule has 0 unspecified atom stereocenters. The summed E-state index contributed by atoms with van der Waals surface area (Å²) in [6.07, 6.45) is 0.0514. The molecule has 0 radical (unpaired) electrons. The molecule has 0 saturated heterocycles. The lowest BCUT2D eigenvalue weighted by atomic mass is 9.94. The third-order valence-electron chi connectivity index (χ3n) is 5.79. The van der Waals surface area contributed by atoms with Crippen molar-refractivity contribution in [2.45, 2.75) is 37.7 Å². The molecule has 0 amide bonds. The molecule has 2 heterocycles. The van der Waals surface area contributed by atoms with E-state index < -0.39 is 39.1 Å². The molecule has 4 aromatic rings. The Balaban J connectivity index is 1.93. The number of pyridine rings is 1. The molecule has 0 aliphatic heterocycles. The molecular weight excluding hydrogens is 548 g/mol. The van der Waals surface area contributed by atoms with E-state index in [1.165, 1.54) is 30.7 Å². The van der Waals surface area contributed by atoms with Crippen molar-refractivity contribution in [3.63, 3.8) is 0 Å². The molecule has 0 fully saturated rings. The molecule has 0 aliphatic rings. The number of sulfonamides is 1. The van der Waals surface area contributed by atoms with Crippen LogP contribution < -0.4 is 10.9 Å². The fraction of sp³-hybridized carbons (Fsp3) is 0.259. The third-order valence-corrected chi connectivity index (χ3v) is 6.78. The van der Waals surface area contributed by atoms with Gasteiger partial charge in [0.15, 0.2) is 0 Å². The molecule has 39 heavy (non-hydrogen) atoms. The van der Waals surface area contributed by atoms with E-state index in [-0.39, 0.29) is 17.1 Å². The van der Waals surface area contributed by atoms with Gasteiger partial charge in [0.1, 0.15) is 28.7 Å². The highest BCUT2D eigenvalue weighted by Crippen LogP contribution is 2.38. The maximum absolute atomic E-state index is 13.9. The minimum absolute atomic E-state index is 0.0514. The van der Waals surface area contributed by atoms with Crippen molar-refractivity contribution in [3.8, 4) is 23.0 Å². The Kier molecular flexibility index (Phi) is 7.80. The number of rotatable bonds is 6. The van der Waals surface area contributed by atoms with Gasteiger partial charge in [0.2, 0.25) is 10.0 Å². The number of nitrogens with zero attached hydrogens (tertiary/aromatic N) is 3. The van der Waals surface area contributed by atoms with Gasteiger partial charge in [0.05, 0.1) is 28.0 Å². The van der Waals surface area contributed by atoms with Gasteiger partial charge in [-0.2, -0.15) is 5.10 Å². The normalized spacial score (nSPS) is 12.8. The summed E-state index contributed by atoms with van der Waals surface area (Å²) in [6, 6.07) is 9.05. The molecule has 2 aromatic carbocycles. The van der Waals surface area contributed by atoms with E-state index in [4.69, 9.17) is 22.5 Å². The molecule has 12 heteroatoms. The number of halogens is 3. The summed E-state index contributed by atoms with van der Waals surface area (Å²) in [5.74, 6) is 3.55. The minimum Gasteiger partial charge on any atom is -0.378 e. The van der Waals surface area contributed by atoms with E-state index in [9.17, 15) is 22.3 Å². The Morgan fingerprint density at radius 2 is 1.77 bits per heavy atom. The van der Waals surface area contributed by atoms with Crippen LogP contribution in [0.15, 0.2) is 42.5 Å². The highest BCUT2D eigenvalue weighted by Gasteiger charge is 2.23. The number of aryl methyl sites for hydroxylation is 1. The second-order valence-electron chi connectivity index (χ2n) is 9.72. The summed E-state index contributed by atoms with van der Waals surface area (Å²) in [5, 5.41) is 20.3. The van der Waals surface area contributed by atoms with Crippen molar-refractivity contribution >= 4 is 32.5 Å². The number of primary sulfonamides is 1. The lowest BCUT2D eigenvalue weighted by Gasteiger charge is -2.18. The fourth-order valence-corrected chi connectivity index (χ4v) is 5.16. The van der Waals surface area contributed by atoms with Crippen molar-refractivity contribution < 1.29 is 22.3 Å². The van der Waals surface area contributed by atoms with Crippen LogP contribution in [0.1, 0.15) is 42.5 Å². The van der Waals surface area contributed by atoms with Crippen LogP contribution in [-0.2, 0) is 29.2 Å². The van der Waals surface area contributed by atoms with Crippen molar-refractivity contribution in [3.05, 3.63) is 81.8 Å². The van der Waals surface area contributed by atoms with E-state index in [1.54, 1.807) is 31.3 Å². The Hall–Kier alpha value is -3.40. The standard InChI is InChI=1S/C27H26ClF2N5O3S/c1-27(2,36)9-8-18-4-5-19(25(33-18)22(31)12-15-10-16(29)13-17(30)11-15)20-6-7-21(28)24-23(14-39(32,37)38)34-35(3)26(20)24/h4-7,10-11,13,22,36H,12,14,31H2,1-3H3,(H2,32,37,38)/t22-/m0/s1. The van der Waals surface area contributed by atoms with E-state index >= 15 is 0 Å². The summed E-state index contributed by atoms with van der Waals surface area (Å²) in [7, 11) is -2.26. The molecule has 8 nitrogen and oxygen atoms in total. The Morgan fingerprint density at radius 3 is 2.38 bits per heavy atom. The second kappa shape index (κ2) is 10.6. The smallest absolute Gasteiger partial charge is 0.214 e. The average molecular weight is 574 g/mol. The average Bonchev–Trinajstić information content (AvgIpc) is 3.12. The zero-order valence-corrected chi connectivity index (χ0v) is 22.9. The molecule has 0 spiro atoms. The number of aliphatic hydroxyl groups is 1. The highest BCUT2D eigenvalue weighted by atomic mass is 35.5. The van der Waals surface area contributed by atoms with E-state index in [2.05, 4.69) is 21.9 Å². The predicted molar refractivity (Wildman–Crippen MR) is 146 cm³/mol. The first-order valence-electron chi connectivity index (χ1n) is 11.7. The van der Waals surface area contributed by atoms with Crippen LogP contribution in [-0.4, -0.2) is 33.9 Å². The van der Waals surface area contributed by atoms with E-state index in [0.29, 0.717) is 39.0 Å². The largest absolute Gasteiger partial charge is 0.378 e. The lowest BCUT2D eigenvalue weighted by Crippen LogP contribution is -2.17. The Labute approximate surface area is 229 Å². The van der Waals surface area contributed by atoms with Crippen LogP contribution >= 0.6 is 11.6 Å². The van der Waals surface area contributed by atoms with E-state index in [1.807, 2.05) is 0 Å². The van der Waals surface area contributed by atoms with Crippen LogP contribution in [0.5, 0.6) is 0 Å². The molecule has 2 aromatic heterocycles. The topological polar surface area (TPSA) is 137 Å². The van der Waals surface area contributed by atoms with Gasteiger partial charge in [0.25, 0.3) is 0 Å². The number of aromatic nitrogens is 3. The number of nitrogens with two attached hydrogens (primary N) is 2. The molecule has 0 aliphatic carbocycles. The van der Waals surface area contributed by atoms with Gasteiger partial charge in [-0.15, -0.1) is 0 Å². The van der Waals surface area contributed by atoms with Gasteiger partial charge in [0, 0.05) is 29.6 Å². The van der Waals surface area contributed by atoms with Gasteiger partial charge < -0.3 is 10.8 Å². The van der Waals surface area contributed by atoms with Crippen LogP contribution in [0, 0.1) is 23.5 Å². The second-order valence-corrected chi connectivity index (χ2v) is 11.7. The summed E-state index contributed by atoms with van der Waals surface area (Å²) < 4.78 is 52.9. The quantitative estimate of drug-likeness (QED) is 0.301. The van der Waals surface area contributed by atoms with Gasteiger partial charge in [-0.3, -0.25) is 4.68 Å².